The lowest BCUT2D eigenvalue weighted by atomic mass is 9.95. The molecule has 0 spiro atoms. The third kappa shape index (κ3) is 3.78. The van der Waals surface area contributed by atoms with Gasteiger partial charge in [0, 0.05) is 4.75 Å². The van der Waals surface area contributed by atoms with Crippen molar-refractivity contribution in [3.63, 3.8) is 0 Å². The number of β-lactam (4-membered cyclic amide) rings is 1. The Bertz CT molecular complexity index is 1030. The summed E-state index contributed by atoms with van der Waals surface area (Å²) in [6, 6.07) is 6.64. The number of hydrogen-bond donors (Lipinski definition) is 3. The van der Waals surface area contributed by atoms with Crippen LogP contribution < -0.4 is 5.32 Å². The van der Waals surface area contributed by atoms with Crippen LogP contribution in [0.4, 0.5) is 0 Å². The first-order valence-corrected chi connectivity index (χ1v) is 10.5. The fraction of sp³-hybridized carbons (Fsp3) is 0.333. The van der Waals surface area contributed by atoms with E-state index in [-0.39, 0.29) is 5.75 Å². The Balaban J connectivity index is 1.55. The van der Waals surface area contributed by atoms with E-state index in [1.165, 1.54) is 41.3 Å². The largest absolute Gasteiger partial charge is 0.508 e. The highest BCUT2D eigenvalue weighted by Crippen LogP contribution is 2.50. The number of benzene rings is 1. The zero-order valence-corrected chi connectivity index (χ0v) is 17.6. The van der Waals surface area contributed by atoms with Crippen LogP contribution >= 0.6 is 11.8 Å². The highest BCUT2D eigenvalue weighted by Gasteiger charge is 2.64. The Morgan fingerprint density at radius 2 is 2.00 bits per heavy atom. The average Bonchev–Trinajstić information content (AvgIpc) is 3.31. The molecule has 2 aliphatic rings. The third-order valence-corrected chi connectivity index (χ3v) is 6.90. The second kappa shape index (κ2) is 7.77. The maximum absolute atomic E-state index is 13.1. The Kier molecular flexibility index (Phi) is 5.26. The van der Waals surface area contributed by atoms with E-state index in [0.29, 0.717) is 11.3 Å². The summed E-state index contributed by atoms with van der Waals surface area (Å²) in [6.07, 6.45) is 2.90. The Hall–Kier alpha value is -3.27. The molecule has 2 saturated heterocycles. The fourth-order valence-electron chi connectivity index (χ4n) is 3.85. The second-order valence-electron chi connectivity index (χ2n) is 7.87. The van der Waals surface area contributed by atoms with Crippen molar-refractivity contribution >= 4 is 35.8 Å². The van der Waals surface area contributed by atoms with Crippen molar-refractivity contribution < 1.29 is 29.0 Å². The highest BCUT2D eigenvalue weighted by molar-refractivity contribution is 8.01. The molecule has 0 aliphatic carbocycles. The van der Waals surface area contributed by atoms with Crippen molar-refractivity contribution in [1.82, 2.24) is 10.2 Å². The molecule has 3 heterocycles. The molecule has 2 amide bonds. The molecule has 1 aromatic carbocycles. The molecule has 0 saturated carbocycles. The number of fused-ring (bicyclic) bond motifs is 1. The zero-order valence-electron chi connectivity index (χ0n) is 16.8. The summed E-state index contributed by atoms with van der Waals surface area (Å²) < 4.78 is 4.54. The van der Waals surface area contributed by atoms with Crippen LogP contribution in [0, 0.1) is 0 Å². The summed E-state index contributed by atoms with van der Waals surface area (Å²) in [5.41, 5.74) is 0.518. The molecule has 10 heteroatoms. The van der Waals surface area contributed by atoms with Crippen LogP contribution in [-0.4, -0.2) is 61.3 Å². The minimum Gasteiger partial charge on any atom is -0.508 e. The van der Waals surface area contributed by atoms with Crippen molar-refractivity contribution in [2.45, 2.75) is 42.1 Å². The standard InChI is InChI=1S/C21H21N3O6S/c1-21(2)16(20(28)29)24-18(27)15(19(24)31-21)23-17(26)14(11-5-7-12(25)8-6-11)22-10-13-4-3-9-30-13/h3-10,14-16,19,25H,1-2H3,(H,23,26)(H,28,29)/t14-,15-,16+,19?/m1/s1. The third-order valence-electron chi connectivity index (χ3n) is 5.32. The minimum atomic E-state index is -1.07. The summed E-state index contributed by atoms with van der Waals surface area (Å²) in [6.45, 7) is 3.54. The maximum Gasteiger partial charge on any atom is 0.327 e. The number of carboxylic acid groups (broad SMARTS) is 1. The van der Waals surface area contributed by atoms with Gasteiger partial charge in [0.15, 0.2) is 6.04 Å². The van der Waals surface area contributed by atoms with Crippen molar-refractivity contribution in [2.75, 3.05) is 0 Å². The lowest BCUT2D eigenvalue weighted by Crippen LogP contribution is -2.70. The molecule has 162 valence electrons. The van der Waals surface area contributed by atoms with E-state index in [2.05, 4.69) is 10.3 Å². The van der Waals surface area contributed by atoms with E-state index in [4.69, 9.17) is 4.42 Å². The molecule has 2 fully saturated rings. The minimum absolute atomic E-state index is 0.0482. The van der Waals surface area contributed by atoms with Gasteiger partial charge in [-0.3, -0.25) is 14.6 Å². The van der Waals surface area contributed by atoms with Gasteiger partial charge < -0.3 is 24.8 Å². The first-order chi connectivity index (χ1) is 14.7. The van der Waals surface area contributed by atoms with Crippen LogP contribution in [0.2, 0.25) is 0 Å². The van der Waals surface area contributed by atoms with Crippen LogP contribution in [-0.2, 0) is 14.4 Å². The van der Waals surface area contributed by atoms with E-state index in [1.54, 1.807) is 38.1 Å². The summed E-state index contributed by atoms with van der Waals surface area (Å²) in [5, 5.41) is 21.4. The highest BCUT2D eigenvalue weighted by atomic mass is 32.2. The van der Waals surface area contributed by atoms with Gasteiger partial charge >= 0.3 is 5.97 Å². The number of aliphatic imine (C=N–C) groups is 1. The smallest absolute Gasteiger partial charge is 0.327 e. The van der Waals surface area contributed by atoms with Crippen LogP contribution in [0.3, 0.4) is 0 Å². The van der Waals surface area contributed by atoms with Gasteiger partial charge in [0.2, 0.25) is 11.8 Å². The molecular formula is C21H21N3O6S. The molecule has 4 rings (SSSR count). The number of nitrogens with one attached hydrogen (secondary N) is 1. The van der Waals surface area contributed by atoms with Crippen LogP contribution in [0.15, 0.2) is 52.1 Å². The van der Waals surface area contributed by atoms with E-state index < -0.39 is 46.0 Å². The summed E-state index contributed by atoms with van der Waals surface area (Å²) in [4.78, 5) is 43.1. The first kappa shape index (κ1) is 21.0. The number of hydrogen-bond acceptors (Lipinski definition) is 7. The van der Waals surface area contributed by atoms with Crippen molar-refractivity contribution in [3.8, 4) is 5.75 Å². The van der Waals surface area contributed by atoms with Gasteiger partial charge in [0.1, 0.15) is 29.0 Å². The van der Waals surface area contributed by atoms with Crippen LogP contribution in [0.25, 0.3) is 0 Å². The quantitative estimate of drug-likeness (QED) is 0.458. The maximum atomic E-state index is 13.1. The van der Waals surface area contributed by atoms with Gasteiger partial charge in [0.25, 0.3) is 0 Å². The molecule has 2 aliphatic heterocycles. The van der Waals surface area contributed by atoms with E-state index in [0.717, 1.165) is 0 Å². The van der Waals surface area contributed by atoms with E-state index >= 15 is 0 Å². The second-order valence-corrected chi connectivity index (χ2v) is 9.64. The predicted octanol–water partition coefficient (Wildman–Crippen LogP) is 1.78. The Morgan fingerprint density at radius 1 is 1.29 bits per heavy atom. The molecule has 3 N–H and O–H groups in total. The lowest BCUT2D eigenvalue weighted by molar-refractivity contribution is -0.161. The van der Waals surface area contributed by atoms with E-state index in [1.807, 2.05) is 0 Å². The lowest BCUT2D eigenvalue weighted by Gasteiger charge is -2.43. The summed E-state index contributed by atoms with van der Waals surface area (Å²) in [7, 11) is 0. The number of carboxylic acids is 1. The molecule has 0 radical (unpaired) electrons. The number of nitrogens with zero attached hydrogens (tertiary/aromatic N) is 2. The molecule has 1 unspecified atom stereocenters. The summed E-state index contributed by atoms with van der Waals surface area (Å²) >= 11 is 1.35. The van der Waals surface area contributed by atoms with Crippen molar-refractivity contribution in [2.24, 2.45) is 4.99 Å². The van der Waals surface area contributed by atoms with Crippen molar-refractivity contribution in [1.29, 1.82) is 0 Å². The average molecular weight is 443 g/mol. The van der Waals surface area contributed by atoms with Gasteiger partial charge in [-0.1, -0.05) is 12.1 Å². The number of aromatic hydroxyl groups is 1. The Labute approximate surface area is 182 Å². The number of carbonyl (C=O) groups excluding carboxylic acids is 2. The van der Waals surface area contributed by atoms with Crippen molar-refractivity contribution in [3.05, 3.63) is 54.0 Å². The molecule has 1 aromatic heterocycles. The number of amides is 2. The first-order valence-electron chi connectivity index (χ1n) is 9.58. The topological polar surface area (TPSA) is 132 Å². The van der Waals surface area contributed by atoms with Gasteiger partial charge in [-0.15, -0.1) is 11.8 Å². The fourth-order valence-corrected chi connectivity index (χ4v) is 5.48. The number of aliphatic carboxylic acids is 1. The monoisotopic (exact) mass is 443 g/mol. The number of furan rings is 1. The predicted molar refractivity (Wildman–Crippen MR) is 113 cm³/mol. The molecular weight excluding hydrogens is 422 g/mol. The van der Waals surface area contributed by atoms with Gasteiger partial charge in [-0.25, -0.2) is 4.79 Å². The molecule has 31 heavy (non-hydrogen) atoms. The number of carbonyl (C=O) groups is 3. The molecule has 4 atom stereocenters. The van der Waals surface area contributed by atoms with Crippen LogP contribution in [0.1, 0.15) is 31.2 Å². The Morgan fingerprint density at radius 3 is 2.61 bits per heavy atom. The molecule has 9 nitrogen and oxygen atoms in total. The van der Waals surface area contributed by atoms with Gasteiger partial charge in [0.05, 0.1) is 12.5 Å². The number of thioether (sulfide) groups is 1. The number of phenols is 1. The SMILES string of the molecule is CC1(C)SC2[C@H](NC(=O)[C@H](N=Cc3ccco3)c3ccc(O)cc3)C(=O)N2[C@H]1C(=O)O. The molecule has 0 bridgehead atoms. The normalized spacial score (nSPS) is 25.2. The number of phenolic OH excluding ortho intramolecular Hbond substituents is 1. The van der Waals surface area contributed by atoms with E-state index in [9.17, 15) is 24.6 Å². The zero-order chi connectivity index (χ0) is 22.3. The summed E-state index contributed by atoms with van der Waals surface area (Å²) in [5.74, 6) is -1.50. The molecule has 2 aromatic rings. The van der Waals surface area contributed by atoms with Crippen LogP contribution in [0.5, 0.6) is 5.75 Å². The van der Waals surface area contributed by atoms with Gasteiger partial charge in [-0.2, -0.15) is 0 Å². The number of rotatable bonds is 6. The van der Waals surface area contributed by atoms with Gasteiger partial charge in [-0.05, 0) is 43.7 Å².